The number of amides is 1. The van der Waals surface area contributed by atoms with Crippen molar-refractivity contribution in [2.75, 3.05) is 13.6 Å². The maximum absolute atomic E-state index is 15.0. The minimum Gasteiger partial charge on any atom is -0.507 e. The van der Waals surface area contributed by atoms with Crippen molar-refractivity contribution in [1.29, 1.82) is 0 Å². The smallest absolute Gasteiger partial charge is 0.269 e. The average molecular weight is 465 g/mol. The lowest BCUT2D eigenvalue weighted by Crippen LogP contribution is -2.58. The minimum atomic E-state index is -1.04. The fourth-order valence-corrected chi connectivity index (χ4v) is 5.06. The number of nitrogens with zero attached hydrogens (tertiary/aromatic N) is 2. The molecule has 3 N–H and O–H groups in total. The van der Waals surface area contributed by atoms with Gasteiger partial charge in [0.25, 0.3) is 5.91 Å². The number of fused-ring (bicyclic) bond motifs is 3. The fraction of sp³-hybridized carbons (Fsp3) is 0.423. The number of aromatic nitrogens is 1. The number of rotatable bonds is 4. The molecular formula is C26H29FN4O3. The van der Waals surface area contributed by atoms with E-state index in [1.54, 1.807) is 31.3 Å². The van der Waals surface area contributed by atoms with Gasteiger partial charge in [-0.25, -0.2) is 9.37 Å². The maximum Gasteiger partial charge on any atom is 0.269 e. The first kappa shape index (κ1) is 22.7. The Morgan fingerprint density at radius 1 is 1.32 bits per heavy atom. The molecule has 7 nitrogen and oxygen atoms in total. The first-order chi connectivity index (χ1) is 16.4. The molecule has 5 atom stereocenters. The van der Waals surface area contributed by atoms with Crippen LogP contribution in [0.5, 0.6) is 5.75 Å². The summed E-state index contributed by atoms with van der Waals surface area (Å²) in [5, 5.41) is 17.4. The molecule has 0 spiro atoms. The number of hydrogen-bond acceptors (Lipinski definition) is 6. The van der Waals surface area contributed by atoms with Crippen LogP contribution in [0.15, 0.2) is 53.6 Å². The van der Waals surface area contributed by atoms with Crippen molar-refractivity contribution in [1.82, 2.24) is 15.6 Å². The molecule has 1 aromatic carbocycles. The molecule has 2 unspecified atom stereocenters. The molecule has 4 heterocycles. The zero-order valence-corrected chi connectivity index (χ0v) is 19.1. The number of pyridine rings is 1. The number of nitrogens with one attached hydrogen (secondary N) is 2. The van der Waals surface area contributed by atoms with Gasteiger partial charge in [-0.2, -0.15) is 0 Å². The van der Waals surface area contributed by atoms with Crippen LogP contribution in [0.4, 0.5) is 4.39 Å². The van der Waals surface area contributed by atoms with Crippen LogP contribution in [0.2, 0.25) is 0 Å². The first-order valence-corrected chi connectivity index (χ1v) is 11.7. The van der Waals surface area contributed by atoms with E-state index >= 15 is 4.39 Å². The molecule has 2 bridgehead atoms. The molecule has 2 aromatic rings. The van der Waals surface area contributed by atoms with Gasteiger partial charge < -0.3 is 20.5 Å². The van der Waals surface area contributed by atoms with Gasteiger partial charge in [0, 0.05) is 36.1 Å². The highest BCUT2D eigenvalue weighted by atomic mass is 19.1. The summed E-state index contributed by atoms with van der Waals surface area (Å²) in [6.07, 6.45) is 5.28. The van der Waals surface area contributed by atoms with Crippen molar-refractivity contribution >= 4 is 22.5 Å². The van der Waals surface area contributed by atoms with Crippen LogP contribution in [-0.4, -0.2) is 65.8 Å². The monoisotopic (exact) mass is 464 g/mol. The lowest BCUT2D eigenvalue weighted by molar-refractivity contribution is -0.0680. The second-order valence-electron chi connectivity index (χ2n) is 9.23. The van der Waals surface area contributed by atoms with Gasteiger partial charge in [-0.3, -0.25) is 9.79 Å². The Balaban J connectivity index is 1.37. The number of allylic oxidation sites excluding steroid dienone is 1. The van der Waals surface area contributed by atoms with Crippen LogP contribution in [0.1, 0.15) is 41.7 Å². The Kier molecular flexibility index (Phi) is 6.18. The quantitative estimate of drug-likeness (QED) is 0.604. The van der Waals surface area contributed by atoms with E-state index in [1.807, 2.05) is 6.08 Å². The van der Waals surface area contributed by atoms with Crippen molar-refractivity contribution < 1.29 is 19.0 Å². The summed E-state index contributed by atoms with van der Waals surface area (Å²) in [6.45, 7) is 4.43. The fourth-order valence-electron chi connectivity index (χ4n) is 5.06. The van der Waals surface area contributed by atoms with Gasteiger partial charge in [0.15, 0.2) is 0 Å². The van der Waals surface area contributed by atoms with Gasteiger partial charge in [0.1, 0.15) is 17.6 Å². The largest absolute Gasteiger partial charge is 0.507 e. The zero-order chi connectivity index (χ0) is 23.8. The Morgan fingerprint density at radius 2 is 2.18 bits per heavy atom. The van der Waals surface area contributed by atoms with E-state index < -0.39 is 18.4 Å². The molecule has 8 heteroatoms. The highest BCUT2D eigenvalue weighted by molar-refractivity contribution is 6.12. The summed E-state index contributed by atoms with van der Waals surface area (Å²) in [7, 11) is 1.54. The Morgan fingerprint density at radius 3 is 3.00 bits per heavy atom. The van der Waals surface area contributed by atoms with E-state index in [1.165, 1.54) is 6.07 Å². The highest BCUT2D eigenvalue weighted by Gasteiger charge is 2.41. The van der Waals surface area contributed by atoms with Crippen molar-refractivity contribution in [2.24, 2.45) is 4.99 Å². The highest BCUT2D eigenvalue weighted by Crippen LogP contribution is 2.32. The lowest BCUT2D eigenvalue weighted by Gasteiger charge is -2.43. The van der Waals surface area contributed by atoms with Gasteiger partial charge in [-0.1, -0.05) is 19.1 Å². The van der Waals surface area contributed by atoms with Gasteiger partial charge in [0.2, 0.25) is 0 Å². The van der Waals surface area contributed by atoms with Crippen LogP contribution in [0.3, 0.4) is 0 Å². The molecular weight excluding hydrogens is 435 g/mol. The molecule has 1 amide bonds. The topological polar surface area (TPSA) is 95.8 Å². The summed E-state index contributed by atoms with van der Waals surface area (Å²) in [5.41, 5.74) is 2.67. The number of benzene rings is 1. The van der Waals surface area contributed by atoms with Crippen LogP contribution < -0.4 is 10.6 Å². The van der Waals surface area contributed by atoms with E-state index in [9.17, 15) is 9.90 Å². The number of aromatic hydroxyl groups is 1. The minimum absolute atomic E-state index is 0.0115. The number of phenols is 1. The van der Waals surface area contributed by atoms with Crippen molar-refractivity contribution in [3.63, 3.8) is 0 Å². The van der Waals surface area contributed by atoms with Gasteiger partial charge in [-0.05, 0) is 49.1 Å². The third-order valence-corrected chi connectivity index (χ3v) is 6.92. The Bertz CT molecular complexity index is 1190. The summed E-state index contributed by atoms with van der Waals surface area (Å²) in [4.78, 5) is 20.8. The predicted molar refractivity (Wildman–Crippen MR) is 129 cm³/mol. The van der Waals surface area contributed by atoms with E-state index in [-0.39, 0.29) is 23.4 Å². The van der Waals surface area contributed by atoms with Gasteiger partial charge in [0.05, 0.1) is 30.0 Å². The Hall–Kier alpha value is -3.10. The number of phenolic OH excluding ortho intramolecular Hbond substituents is 1. The number of carbonyl (C=O) groups excluding carboxylic acids is 1. The third-order valence-electron chi connectivity index (χ3n) is 6.92. The molecule has 0 saturated carbocycles. The van der Waals surface area contributed by atoms with Crippen LogP contribution >= 0.6 is 0 Å². The second-order valence-corrected chi connectivity index (χ2v) is 9.23. The third kappa shape index (κ3) is 4.35. The van der Waals surface area contributed by atoms with Gasteiger partial charge >= 0.3 is 0 Å². The maximum atomic E-state index is 15.0. The van der Waals surface area contributed by atoms with E-state index in [2.05, 4.69) is 27.2 Å². The van der Waals surface area contributed by atoms with E-state index in [0.29, 0.717) is 35.8 Å². The molecule has 2 saturated heterocycles. The van der Waals surface area contributed by atoms with E-state index in [0.717, 1.165) is 30.2 Å². The molecule has 34 heavy (non-hydrogen) atoms. The molecule has 178 valence electrons. The summed E-state index contributed by atoms with van der Waals surface area (Å²) in [5.74, 6) is -0.281. The molecule has 0 radical (unpaired) electrons. The number of carbonyl (C=O) groups is 1. The van der Waals surface area contributed by atoms with Crippen molar-refractivity contribution in [3.05, 3.63) is 59.8 Å². The molecule has 5 rings (SSSR count). The standard InChI is InChI=1S/C26H29FN4O3/c1-14-13-29-18(8-9-23(14)34-24-11-16-4-3-5-19(30-16)25(24)27)17-10-15-6-7-20(26(33)28-2)31-21(15)12-22(17)32/h6-10,12,16,19,23-25,30,32H,1,3-5,11,13H2,2H3,(H,28,33)/t16-,19?,23?,24-,25+/m1/s1. The van der Waals surface area contributed by atoms with Gasteiger partial charge in [-0.15, -0.1) is 0 Å². The van der Waals surface area contributed by atoms with Crippen molar-refractivity contribution in [3.8, 4) is 5.75 Å². The summed E-state index contributed by atoms with van der Waals surface area (Å²) in [6, 6.07) is 6.92. The van der Waals surface area contributed by atoms with E-state index in [4.69, 9.17) is 4.74 Å². The lowest BCUT2D eigenvalue weighted by atomic mass is 9.84. The number of alkyl halides is 1. The normalized spacial score (nSPS) is 28.9. The first-order valence-electron chi connectivity index (χ1n) is 11.7. The van der Waals surface area contributed by atoms with Crippen LogP contribution in [0.25, 0.3) is 10.9 Å². The Labute approximate surface area is 197 Å². The van der Waals surface area contributed by atoms with Crippen LogP contribution in [0, 0.1) is 0 Å². The molecule has 0 aliphatic carbocycles. The van der Waals surface area contributed by atoms with Crippen LogP contribution in [-0.2, 0) is 4.74 Å². The number of aliphatic imine (C=N–C) groups is 1. The number of hydrogen-bond donors (Lipinski definition) is 3. The SMILES string of the molecule is C=C1CN=C(c2cc3ccc(C(=O)NC)nc3cc2O)C=CC1O[C@@H]1C[C@H]2CCCC(N2)[C@@H]1F. The molecule has 3 aliphatic heterocycles. The predicted octanol–water partition coefficient (Wildman–Crippen LogP) is 3.22. The number of piperidine rings is 2. The average Bonchev–Trinajstić information content (AvgIpc) is 3.02. The zero-order valence-electron chi connectivity index (χ0n) is 19.1. The summed E-state index contributed by atoms with van der Waals surface area (Å²) >= 11 is 0. The number of ether oxygens (including phenoxy) is 1. The molecule has 3 aliphatic rings. The summed E-state index contributed by atoms with van der Waals surface area (Å²) < 4.78 is 21.2. The van der Waals surface area contributed by atoms with Crippen molar-refractivity contribution in [2.45, 2.75) is 56.1 Å². The molecule has 2 fully saturated rings. The number of halogens is 1. The second kappa shape index (κ2) is 9.27. The molecule has 1 aromatic heterocycles.